The van der Waals surface area contributed by atoms with Crippen LogP contribution in [-0.2, 0) is 10.0 Å². The van der Waals surface area contributed by atoms with Crippen LogP contribution in [0.1, 0.15) is 29.9 Å². The number of benzene rings is 2. The fraction of sp³-hybridized carbons (Fsp3) is 0.263. The Morgan fingerprint density at radius 3 is 2.46 bits per heavy atom. The zero-order valence-electron chi connectivity index (χ0n) is 14.3. The molecule has 126 valence electrons. The monoisotopic (exact) mass is 343 g/mol. The highest BCUT2D eigenvalue weighted by Crippen LogP contribution is 2.31. The largest absolute Gasteiger partial charge is 0.459 e. The Balaban J connectivity index is 2.00. The van der Waals surface area contributed by atoms with E-state index in [0.717, 1.165) is 22.1 Å². The third-order valence-corrected chi connectivity index (χ3v) is 6.47. The summed E-state index contributed by atoms with van der Waals surface area (Å²) in [7, 11) is -2.01. The van der Waals surface area contributed by atoms with Gasteiger partial charge in [0.05, 0.1) is 10.9 Å². The van der Waals surface area contributed by atoms with E-state index in [4.69, 9.17) is 4.42 Å². The van der Waals surface area contributed by atoms with Crippen molar-refractivity contribution in [2.45, 2.75) is 31.7 Å². The Morgan fingerprint density at radius 2 is 1.75 bits per heavy atom. The molecule has 3 rings (SSSR count). The molecule has 24 heavy (non-hydrogen) atoms. The molecule has 1 aromatic heterocycles. The van der Waals surface area contributed by atoms with E-state index in [1.807, 2.05) is 63.2 Å². The summed E-state index contributed by atoms with van der Waals surface area (Å²) in [5, 5.41) is 0.969. The summed E-state index contributed by atoms with van der Waals surface area (Å²) in [6.07, 6.45) is 0. The Hall–Kier alpha value is -2.11. The first-order valence-electron chi connectivity index (χ1n) is 7.84. The van der Waals surface area contributed by atoms with Gasteiger partial charge in [-0.1, -0.05) is 30.3 Å². The van der Waals surface area contributed by atoms with Crippen molar-refractivity contribution in [3.63, 3.8) is 0 Å². The molecule has 4 nitrogen and oxygen atoms in total. The molecule has 1 atom stereocenters. The quantitative estimate of drug-likeness (QED) is 0.704. The molecule has 0 fully saturated rings. The van der Waals surface area contributed by atoms with Gasteiger partial charge in [-0.25, -0.2) is 8.42 Å². The Kier molecular flexibility index (Phi) is 4.24. The van der Waals surface area contributed by atoms with Crippen LogP contribution in [0, 0.1) is 13.8 Å². The highest BCUT2D eigenvalue weighted by atomic mass is 32.2. The lowest BCUT2D eigenvalue weighted by molar-refractivity contribution is 0.348. The topological polar surface area (TPSA) is 50.5 Å². The molecule has 0 aliphatic carbocycles. The van der Waals surface area contributed by atoms with E-state index < -0.39 is 16.1 Å². The minimum absolute atomic E-state index is 0.341. The van der Waals surface area contributed by atoms with Crippen molar-refractivity contribution in [2.75, 3.05) is 7.05 Å². The Labute approximate surface area is 142 Å². The Morgan fingerprint density at radius 1 is 1.04 bits per heavy atom. The summed E-state index contributed by atoms with van der Waals surface area (Å²) in [5.41, 5.74) is 2.42. The van der Waals surface area contributed by atoms with Gasteiger partial charge in [0.2, 0.25) is 10.0 Å². The molecule has 0 saturated heterocycles. The highest BCUT2D eigenvalue weighted by molar-refractivity contribution is 7.89. The number of furan rings is 1. The van der Waals surface area contributed by atoms with Crippen LogP contribution >= 0.6 is 0 Å². The maximum absolute atomic E-state index is 13.0. The van der Waals surface area contributed by atoms with E-state index in [9.17, 15) is 8.42 Å². The van der Waals surface area contributed by atoms with Gasteiger partial charge in [-0.15, -0.1) is 0 Å². The summed E-state index contributed by atoms with van der Waals surface area (Å²) < 4.78 is 33.2. The molecule has 5 heteroatoms. The smallest absolute Gasteiger partial charge is 0.243 e. The van der Waals surface area contributed by atoms with E-state index >= 15 is 0 Å². The van der Waals surface area contributed by atoms with Gasteiger partial charge in [-0.3, -0.25) is 0 Å². The van der Waals surface area contributed by atoms with E-state index in [2.05, 4.69) is 0 Å². The number of hydrogen-bond donors (Lipinski definition) is 0. The van der Waals surface area contributed by atoms with Crippen molar-refractivity contribution >= 4 is 21.0 Å². The fourth-order valence-electron chi connectivity index (χ4n) is 2.74. The van der Waals surface area contributed by atoms with Crippen molar-refractivity contribution in [2.24, 2.45) is 0 Å². The molecule has 0 bridgehead atoms. The first-order valence-corrected chi connectivity index (χ1v) is 9.28. The van der Waals surface area contributed by atoms with Gasteiger partial charge < -0.3 is 4.42 Å². The summed E-state index contributed by atoms with van der Waals surface area (Å²) in [5.74, 6) is 0.632. The third kappa shape index (κ3) is 2.85. The van der Waals surface area contributed by atoms with Crippen LogP contribution < -0.4 is 0 Å². The van der Waals surface area contributed by atoms with Crippen LogP contribution in [0.25, 0.3) is 11.0 Å². The lowest BCUT2D eigenvalue weighted by Crippen LogP contribution is -2.30. The minimum Gasteiger partial charge on any atom is -0.459 e. The first kappa shape index (κ1) is 16.7. The number of sulfonamides is 1. The van der Waals surface area contributed by atoms with Gasteiger partial charge in [0.25, 0.3) is 0 Å². The number of fused-ring (bicyclic) bond motifs is 1. The molecule has 1 unspecified atom stereocenters. The SMILES string of the molecule is Cc1ccc(C)c(S(=O)(=O)N(C)C(C)c2cc3ccccc3o2)c1. The number of hydrogen-bond acceptors (Lipinski definition) is 3. The summed E-state index contributed by atoms with van der Waals surface area (Å²) in [4.78, 5) is 0.341. The van der Waals surface area contributed by atoms with Crippen LogP contribution in [0.15, 0.2) is 57.8 Å². The van der Waals surface area contributed by atoms with E-state index in [1.165, 1.54) is 4.31 Å². The van der Waals surface area contributed by atoms with Gasteiger partial charge in [0.1, 0.15) is 11.3 Å². The molecule has 0 aliphatic heterocycles. The third-order valence-electron chi connectivity index (χ3n) is 4.40. The first-order chi connectivity index (χ1) is 11.3. The maximum Gasteiger partial charge on any atom is 0.243 e. The predicted molar refractivity (Wildman–Crippen MR) is 95.5 cm³/mol. The molecule has 1 heterocycles. The highest BCUT2D eigenvalue weighted by Gasteiger charge is 2.29. The van der Waals surface area contributed by atoms with E-state index in [-0.39, 0.29) is 0 Å². The van der Waals surface area contributed by atoms with Crippen molar-refractivity contribution in [3.05, 3.63) is 65.4 Å². The van der Waals surface area contributed by atoms with Gasteiger partial charge in [-0.05, 0) is 50.1 Å². The molecular weight excluding hydrogens is 322 g/mol. The van der Waals surface area contributed by atoms with Gasteiger partial charge >= 0.3 is 0 Å². The molecule has 2 aromatic carbocycles. The maximum atomic E-state index is 13.0. The second-order valence-electron chi connectivity index (χ2n) is 6.15. The number of nitrogens with zero attached hydrogens (tertiary/aromatic N) is 1. The van der Waals surface area contributed by atoms with E-state index in [0.29, 0.717) is 10.7 Å². The second kappa shape index (κ2) is 6.07. The van der Waals surface area contributed by atoms with Crippen molar-refractivity contribution in [3.8, 4) is 0 Å². The summed E-state index contributed by atoms with van der Waals surface area (Å²) in [6, 6.07) is 14.6. The lowest BCUT2D eigenvalue weighted by Gasteiger charge is -2.23. The van der Waals surface area contributed by atoms with Crippen molar-refractivity contribution < 1.29 is 12.8 Å². The molecule has 0 spiro atoms. The molecule has 0 amide bonds. The van der Waals surface area contributed by atoms with Gasteiger partial charge in [-0.2, -0.15) is 4.31 Å². The van der Waals surface area contributed by atoms with Crippen LogP contribution in [-0.4, -0.2) is 19.8 Å². The van der Waals surface area contributed by atoms with Crippen LogP contribution in [0.3, 0.4) is 0 Å². The molecule has 0 saturated carbocycles. The predicted octanol–water partition coefficient (Wildman–Crippen LogP) is 4.43. The second-order valence-corrected chi connectivity index (χ2v) is 8.12. The van der Waals surface area contributed by atoms with Crippen LogP contribution in [0.4, 0.5) is 0 Å². The average Bonchev–Trinajstić information content (AvgIpc) is 2.99. The van der Waals surface area contributed by atoms with Crippen molar-refractivity contribution in [1.82, 2.24) is 4.31 Å². The van der Waals surface area contributed by atoms with Crippen LogP contribution in [0.5, 0.6) is 0 Å². The van der Waals surface area contributed by atoms with Gasteiger partial charge in [0.15, 0.2) is 0 Å². The Bertz CT molecular complexity index is 956. The zero-order chi connectivity index (χ0) is 17.5. The molecule has 0 aliphatic rings. The molecule has 3 aromatic rings. The number of rotatable bonds is 4. The van der Waals surface area contributed by atoms with Crippen molar-refractivity contribution in [1.29, 1.82) is 0 Å². The molecule has 0 N–H and O–H groups in total. The standard InChI is InChI=1S/C19H21NO3S/c1-13-9-10-14(2)19(11-13)24(21,22)20(4)15(3)18-12-16-7-5-6-8-17(16)23-18/h5-12,15H,1-4H3. The van der Waals surface area contributed by atoms with Gasteiger partial charge in [0, 0.05) is 12.4 Å². The minimum atomic E-state index is -3.60. The summed E-state index contributed by atoms with van der Waals surface area (Å²) >= 11 is 0. The van der Waals surface area contributed by atoms with E-state index in [1.54, 1.807) is 13.1 Å². The zero-order valence-corrected chi connectivity index (χ0v) is 15.1. The van der Waals surface area contributed by atoms with Crippen LogP contribution in [0.2, 0.25) is 0 Å². The fourth-order valence-corrected chi connectivity index (χ4v) is 4.38. The summed E-state index contributed by atoms with van der Waals surface area (Å²) in [6.45, 7) is 5.54. The molecular formula is C19H21NO3S. The number of aryl methyl sites for hydroxylation is 2. The molecule has 0 radical (unpaired) electrons. The average molecular weight is 343 g/mol. The number of para-hydroxylation sites is 1. The normalized spacial score (nSPS) is 13.5. The lowest BCUT2D eigenvalue weighted by atomic mass is 10.2.